The highest BCUT2D eigenvalue weighted by molar-refractivity contribution is 5.58. The second kappa shape index (κ2) is 7.88. The number of nitriles is 1. The number of pyridine rings is 1. The number of hydrogen-bond acceptors (Lipinski definition) is 5. The molecular weight excluding hydrogens is 324 g/mol. The van der Waals surface area contributed by atoms with Crippen LogP contribution < -0.4 is 4.90 Å². The quantitative estimate of drug-likeness (QED) is 0.828. The van der Waals surface area contributed by atoms with Gasteiger partial charge in [0.25, 0.3) is 0 Å². The second-order valence-electron chi connectivity index (χ2n) is 7.46. The fourth-order valence-corrected chi connectivity index (χ4v) is 3.74. The highest BCUT2D eigenvalue weighted by Gasteiger charge is 2.27. The summed E-state index contributed by atoms with van der Waals surface area (Å²) in [6.07, 6.45) is 6.19. The number of likely N-dealkylation sites (N-methyl/N-ethyl adjacent to an activating group) is 1. The molecule has 3 heterocycles. The van der Waals surface area contributed by atoms with E-state index in [2.05, 4.69) is 45.7 Å². The zero-order valence-electron chi connectivity index (χ0n) is 16.2. The Morgan fingerprint density at radius 3 is 2.88 bits per heavy atom. The Morgan fingerprint density at radius 1 is 1.35 bits per heavy atom. The van der Waals surface area contributed by atoms with E-state index in [1.165, 1.54) is 0 Å². The number of nitrogens with zero attached hydrogens (tertiary/aromatic N) is 6. The van der Waals surface area contributed by atoms with E-state index in [0.29, 0.717) is 11.5 Å². The first kappa shape index (κ1) is 18.4. The molecule has 3 rings (SSSR count). The van der Waals surface area contributed by atoms with Crippen molar-refractivity contribution in [3.05, 3.63) is 41.1 Å². The smallest absolute Gasteiger partial charge is 0.147 e. The predicted octanol–water partition coefficient (Wildman–Crippen LogP) is 2.71. The topological polar surface area (TPSA) is 61.0 Å². The van der Waals surface area contributed by atoms with Crippen molar-refractivity contribution in [1.29, 1.82) is 5.26 Å². The third kappa shape index (κ3) is 3.88. The van der Waals surface area contributed by atoms with Gasteiger partial charge in [-0.15, -0.1) is 0 Å². The third-order valence-corrected chi connectivity index (χ3v) is 5.06. The molecule has 0 N–H and O–H groups in total. The molecule has 2 aromatic heterocycles. The van der Waals surface area contributed by atoms with Crippen LogP contribution in [0.15, 0.2) is 18.5 Å². The van der Waals surface area contributed by atoms with Crippen molar-refractivity contribution in [3.8, 4) is 6.07 Å². The Bertz CT molecular complexity index is 801. The van der Waals surface area contributed by atoms with E-state index in [0.717, 1.165) is 61.9 Å². The van der Waals surface area contributed by atoms with Crippen LogP contribution in [0.5, 0.6) is 0 Å². The van der Waals surface area contributed by atoms with Gasteiger partial charge in [-0.3, -0.25) is 0 Å². The lowest BCUT2D eigenvalue weighted by atomic mass is 9.96. The molecule has 0 unspecified atom stereocenters. The van der Waals surface area contributed by atoms with Crippen LogP contribution in [-0.2, 0) is 6.54 Å². The van der Waals surface area contributed by atoms with Gasteiger partial charge in [-0.1, -0.05) is 0 Å². The highest BCUT2D eigenvalue weighted by atomic mass is 15.2. The maximum atomic E-state index is 9.60. The van der Waals surface area contributed by atoms with Crippen LogP contribution in [0.4, 0.5) is 5.82 Å². The van der Waals surface area contributed by atoms with Crippen molar-refractivity contribution in [2.75, 3.05) is 38.6 Å². The molecule has 1 aliphatic rings. The zero-order valence-corrected chi connectivity index (χ0v) is 16.2. The van der Waals surface area contributed by atoms with Crippen LogP contribution in [0, 0.1) is 25.2 Å². The number of aryl methyl sites for hydroxylation is 2. The molecule has 0 bridgehead atoms. The van der Waals surface area contributed by atoms with Gasteiger partial charge in [-0.2, -0.15) is 5.26 Å². The van der Waals surface area contributed by atoms with Gasteiger partial charge in [0.1, 0.15) is 17.7 Å². The predicted molar refractivity (Wildman–Crippen MR) is 103 cm³/mol. The van der Waals surface area contributed by atoms with Crippen LogP contribution in [-0.4, -0.2) is 53.2 Å². The van der Waals surface area contributed by atoms with E-state index in [-0.39, 0.29) is 0 Å². The van der Waals surface area contributed by atoms with E-state index < -0.39 is 0 Å². The third-order valence-electron chi connectivity index (χ3n) is 5.06. The van der Waals surface area contributed by atoms with E-state index in [1.807, 2.05) is 26.1 Å². The minimum Gasteiger partial charge on any atom is -0.355 e. The zero-order chi connectivity index (χ0) is 18.7. The Kier molecular flexibility index (Phi) is 5.58. The van der Waals surface area contributed by atoms with E-state index in [1.54, 1.807) is 0 Å². The van der Waals surface area contributed by atoms with Crippen molar-refractivity contribution < 1.29 is 0 Å². The summed E-state index contributed by atoms with van der Waals surface area (Å²) in [6.45, 7) is 7.74. The monoisotopic (exact) mass is 352 g/mol. The lowest BCUT2D eigenvalue weighted by Crippen LogP contribution is -2.37. The average Bonchev–Trinajstić information content (AvgIpc) is 3.08. The normalized spacial score (nSPS) is 17.5. The van der Waals surface area contributed by atoms with Gasteiger partial charge in [-0.25, -0.2) is 9.97 Å². The number of aromatic nitrogens is 3. The number of piperidine rings is 1. The minimum atomic E-state index is 0.370. The lowest BCUT2D eigenvalue weighted by molar-refractivity contribution is 0.373. The number of anilines is 1. The molecule has 0 saturated carbocycles. The summed E-state index contributed by atoms with van der Waals surface area (Å²) in [6, 6.07) is 4.34. The largest absolute Gasteiger partial charge is 0.355 e. The lowest BCUT2D eigenvalue weighted by Gasteiger charge is -2.34. The first-order valence-electron chi connectivity index (χ1n) is 9.28. The van der Waals surface area contributed by atoms with Crippen molar-refractivity contribution in [3.63, 3.8) is 0 Å². The van der Waals surface area contributed by atoms with Gasteiger partial charge in [0.05, 0.1) is 5.56 Å². The van der Waals surface area contributed by atoms with Crippen molar-refractivity contribution in [2.24, 2.45) is 0 Å². The summed E-state index contributed by atoms with van der Waals surface area (Å²) in [4.78, 5) is 13.8. The molecule has 0 aromatic carbocycles. The maximum absolute atomic E-state index is 9.60. The van der Waals surface area contributed by atoms with Crippen molar-refractivity contribution in [2.45, 2.75) is 39.2 Å². The first-order chi connectivity index (χ1) is 12.5. The van der Waals surface area contributed by atoms with Crippen LogP contribution in [0.3, 0.4) is 0 Å². The van der Waals surface area contributed by atoms with E-state index >= 15 is 0 Å². The molecule has 138 valence electrons. The Hall–Kier alpha value is -2.39. The number of hydrogen-bond donors (Lipinski definition) is 0. The molecule has 0 amide bonds. The molecule has 0 radical (unpaired) electrons. The molecule has 1 fully saturated rings. The van der Waals surface area contributed by atoms with Gasteiger partial charge >= 0.3 is 0 Å². The average molecular weight is 352 g/mol. The standard InChI is InChI=1S/C20H28N6/c1-15-12-16(2)23-20(18(15)13-21)26-8-5-6-17(14-26)19-22-7-9-25(19)11-10-24(3)4/h7,9,12,17H,5-6,8,10-11,14H2,1-4H3/t17-/m0/s1. The van der Waals surface area contributed by atoms with Crippen LogP contribution in [0.1, 0.15) is 41.4 Å². The molecule has 2 aromatic rings. The second-order valence-corrected chi connectivity index (χ2v) is 7.46. The summed E-state index contributed by atoms with van der Waals surface area (Å²) < 4.78 is 2.27. The van der Waals surface area contributed by atoms with Crippen molar-refractivity contribution >= 4 is 5.82 Å². The molecule has 6 nitrogen and oxygen atoms in total. The van der Waals surface area contributed by atoms with Gasteiger partial charge < -0.3 is 14.4 Å². The maximum Gasteiger partial charge on any atom is 0.147 e. The van der Waals surface area contributed by atoms with Gasteiger partial charge in [0, 0.05) is 50.2 Å². The summed E-state index contributed by atoms with van der Waals surface area (Å²) in [5, 5.41) is 9.60. The summed E-state index contributed by atoms with van der Waals surface area (Å²) in [7, 11) is 4.18. The number of rotatable bonds is 5. The molecule has 1 saturated heterocycles. The van der Waals surface area contributed by atoms with Crippen LogP contribution in [0.2, 0.25) is 0 Å². The fraction of sp³-hybridized carbons (Fsp3) is 0.550. The first-order valence-corrected chi connectivity index (χ1v) is 9.28. The van der Waals surface area contributed by atoms with Gasteiger partial charge in [0.2, 0.25) is 0 Å². The summed E-state index contributed by atoms with van der Waals surface area (Å²) in [5.41, 5.74) is 2.67. The fourth-order valence-electron chi connectivity index (χ4n) is 3.74. The van der Waals surface area contributed by atoms with Gasteiger partial charge in [-0.05, 0) is 52.4 Å². The minimum absolute atomic E-state index is 0.370. The van der Waals surface area contributed by atoms with Crippen molar-refractivity contribution in [1.82, 2.24) is 19.4 Å². The molecule has 0 aliphatic carbocycles. The Morgan fingerprint density at radius 2 is 2.15 bits per heavy atom. The van der Waals surface area contributed by atoms with Crippen LogP contribution >= 0.6 is 0 Å². The molecule has 1 aliphatic heterocycles. The highest BCUT2D eigenvalue weighted by Crippen LogP contribution is 2.31. The Labute approximate surface area is 156 Å². The molecule has 6 heteroatoms. The van der Waals surface area contributed by atoms with Gasteiger partial charge in [0.15, 0.2) is 0 Å². The number of imidazole rings is 1. The summed E-state index contributed by atoms with van der Waals surface area (Å²) >= 11 is 0. The van der Waals surface area contributed by atoms with Crippen LogP contribution in [0.25, 0.3) is 0 Å². The SMILES string of the molecule is Cc1cc(C)c(C#N)c(N2CCC[C@H](c3nccn3CCN(C)C)C2)n1. The molecular formula is C20H28N6. The molecule has 26 heavy (non-hydrogen) atoms. The molecule has 1 atom stereocenters. The van der Waals surface area contributed by atoms with E-state index in [9.17, 15) is 5.26 Å². The summed E-state index contributed by atoms with van der Waals surface area (Å²) in [5.74, 6) is 2.36. The Balaban J connectivity index is 1.83. The molecule has 0 spiro atoms. The van der Waals surface area contributed by atoms with E-state index in [4.69, 9.17) is 4.98 Å².